The Morgan fingerprint density at radius 1 is 1.28 bits per heavy atom. The quantitative estimate of drug-likeness (QED) is 0.922. The van der Waals surface area contributed by atoms with E-state index in [9.17, 15) is 4.79 Å². The highest BCUT2D eigenvalue weighted by Crippen LogP contribution is 2.26. The van der Waals surface area contributed by atoms with Crippen LogP contribution in [0.3, 0.4) is 0 Å². The number of H-pyrrole nitrogens is 1. The summed E-state index contributed by atoms with van der Waals surface area (Å²) >= 11 is 5.19. The van der Waals surface area contributed by atoms with Crippen LogP contribution in [0.25, 0.3) is 0 Å². The Hall–Kier alpha value is -0.940. The maximum absolute atomic E-state index is 11.7. The Balaban J connectivity index is 1.99. The highest BCUT2D eigenvalue weighted by Gasteiger charge is 2.18. The maximum Gasteiger partial charge on any atom is 0.267 e. The van der Waals surface area contributed by atoms with Gasteiger partial charge in [-0.1, -0.05) is 0 Å². The Labute approximate surface area is 117 Å². The first-order valence-electron chi connectivity index (χ1n) is 6.07. The van der Waals surface area contributed by atoms with Crippen molar-refractivity contribution in [3.63, 3.8) is 0 Å². The van der Waals surface area contributed by atoms with Crippen molar-refractivity contribution >= 4 is 27.3 Å². The summed E-state index contributed by atoms with van der Waals surface area (Å²) < 4.78 is 1.13. The number of thiophene rings is 1. The summed E-state index contributed by atoms with van der Waals surface area (Å²) in [5.41, 5.74) is 3.19. The molecule has 0 aromatic carbocycles. The van der Waals surface area contributed by atoms with E-state index in [2.05, 4.69) is 38.3 Å². The molecule has 0 saturated heterocycles. The molecule has 0 amide bonds. The van der Waals surface area contributed by atoms with Crippen LogP contribution in [0, 0.1) is 0 Å². The first-order valence-corrected chi connectivity index (χ1v) is 7.68. The number of aromatic amines is 1. The second-order valence-electron chi connectivity index (χ2n) is 4.55. The summed E-state index contributed by atoms with van der Waals surface area (Å²) in [5, 5.41) is 6.89. The van der Waals surface area contributed by atoms with Gasteiger partial charge in [0.25, 0.3) is 5.56 Å². The van der Waals surface area contributed by atoms with E-state index in [0.29, 0.717) is 0 Å². The van der Waals surface area contributed by atoms with Gasteiger partial charge in [-0.2, -0.15) is 5.10 Å². The lowest BCUT2D eigenvalue weighted by atomic mass is 9.91. The minimum absolute atomic E-state index is 0.000750. The van der Waals surface area contributed by atoms with Crippen molar-refractivity contribution in [1.82, 2.24) is 10.2 Å². The van der Waals surface area contributed by atoms with Crippen molar-refractivity contribution in [2.45, 2.75) is 32.1 Å². The van der Waals surface area contributed by atoms with Crippen LogP contribution >= 0.6 is 27.3 Å². The first-order chi connectivity index (χ1) is 8.74. The second-order valence-corrected chi connectivity index (χ2v) is 7.09. The molecule has 3 rings (SSSR count). The van der Waals surface area contributed by atoms with Crippen LogP contribution in [-0.2, 0) is 19.3 Å². The Kier molecular flexibility index (Phi) is 3.35. The fourth-order valence-corrected chi connectivity index (χ4v) is 3.97. The maximum atomic E-state index is 11.7. The molecule has 0 fully saturated rings. The fraction of sp³-hybridized carbons (Fsp3) is 0.385. The van der Waals surface area contributed by atoms with Gasteiger partial charge in [-0.25, -0.2) is 5.10 Å². The second kappa shape index (κ2) is 4.97. The van der Waals surface area contributed by atoms with Crippen molar-refractivity contribution in [2.24, 2.45) is 0 Å². The molecular weight excluding hydrogens is 312 g/mol. The largest absolute Gasteiger partial charge is 0.268 e. The summed E-state index contributed by atoms with van der Waals surface area (Å²) in [6.45, 7) is 0. The molecule has 0 aliphatic heterocycles. The van der Waals surface area contributed by atoms with E-state index in [-0.39, 0.29) is 5.56 Å². The molecule has 94 valence electrons. The van der Waals surface area contributed by atoms with Gasteiger partial charge in [-0.15, -0.1) is 11.3 Å². The SMILES string of the molecule is O=c1[nH]nc(Cc2ccc(Br)s2)c2c1CCCC2. The highest BCUT2D eigenvalue weighted by molar-refractivity contribution is 9.11. The molecule has 0 spiro atoms. The van der Waals surface area contributed by atoms with Crippen molar-refractivity contribution in [1.29, 1.82) is 0 Å². The van der Waals surface area contributed by atoms with Crippen LogP contribution in [0.5, 0.6) is 0 Å². The van der Waals surface area contributed by atoms with Crippen molar-refractivity contribution in [2.75, 3.05) is 0 Å². The summed E-state index contributed by atoms with van der Waals surface area (Å²) in [7, 11) is 0. The summed E-state index contributed by atoms with van der Waals surface area (Å²) in [6, 6.07) is 4.16. The van der Waals surface area contributed by atoms with E-state index in [1.54, 1.807) is 11.3 Å². The smallest absolute Gasteiger partial charge is 0.267 e. The van der Waals surface area contributed by atoms with E-state index < -0.39 is 0 Å². The number of hydrogen-bond acceptors (Lipinski definition) is 3. The molecule has 1 N–H and O–H groups in total. The third-order valence-electron chi connectivity index (χ3n) is 3.35. The minimum Gasteiger partial charge on any atom is -0.268 e. The summed E-state index contributed by atoms with van der Waals surface area (Å²) in [5.74, 6) is 0. The molecule has 0 atom stereocenters. The van der Waals surface area contributed by atoms with Crippen LogP contribution in [-0.4, -0.2) is 10.2 Å². The van der Waals surface area contributed by atoms with Crippen molar-refractivity contribution < 1.29 is 0 Å². The third kappa shape index (κ3) is 2.29. The molecule has 1 aliphatic rings. The summed E-state index contributed by atoms with van der Waals surface area (Å²) in [6.07, 6.45) is 4.99. The predicted molar refractivity (Wildman–Crippen MR) is 76.3 cm³/mol. The van der Waals surface area contributed by atoms with Crippen molar-refractivity contribution in [3.05, 3.63) is 48.0 Å². The highest BCUT2D eigenvalue weighted by atomic mass is 79.9. The average Bonchev–Trinajstić information content (AvgIpc) is 2.79. The predicted octanol–water partition coefficient (Wildman–Crippen LogP) is 3.06. The first kappa shape index (κ1) is 12.1. The van der Waals surface area contributed by atoms with Gasteiger partial charge < -0.3 is 0 Å². The van der Waals surface area contributed by atoms with Gasteiger partial charge in [0.1, 0.15) is 0 Å². The lowest BCUT2D eigenvalue weighted by molar-refractivity contribution is 0.656. The van der Waals surface area contributed by atoms with Gasteiger partial charge >= 0.3 is 0 Å². The topological polar surface area (TPSA) is 45.8 Å². The molecule has 5 heteroatoms. The van der Waals surface area contributed by atoms with E-state index in [1.807, 2.05) is 0 Å². The number of nitrogens with zero attached hydrogens (tertiary/aromatic N) is 1. The Morgan fingerprint density at radius 3 is 2.78 bits per heavy atom. The Morgan fingerprint density at radius 2 is 2.06 bits per heavy atom. The molecule has 0 saturated carbocycles. The summed E-state index contributed by atoms with van der Waals surface area (Å²) in [4.78, 5) is 13.0. The van der Waals surface area contributed by atoms with Crippen LogP contribution in [0.1, 0.15) is 34.5 Å². The molecule has 0 unspecified atom stereocenters. The van der Waals surface area contributed by atoms with Crippen LogP contribution in [0.2, 0.25) is 0 Å². The molecular formula is C13H13BrN2OS. The van der Waals surface area contributed by atoms with Gasteiger partial charge in [0.2, 0.25) is 0 Å². The van der Waals surface area contributed by atoms with Crippen molar-refractivity contribution in [3.8, 4) is 0 Å². The number of halogens is 1. The average molecular weight is 325 g/mol. The van der Waals surface area contributed by atoms with E-state index >= 15 is 0 Å². The zero-order valence-corrected chi connectivity index (χ0v) is 12.2. The molecule has 2 aromatic heterocycles. The van der Waals surface area contributed by atoms with E-state index in [4.69, 9.17) is 0 Å². The number of fused-ring (bicyclic) bond motifs is 1. The standard InChI is InChI=1S/C13H13BrN2OS/c14-12-6-5-8(18-12)7-11-9-3-1-2-4-10(9)13(17)16-15-11/h5-6H,1-4,7H2,(H,16,17). The van der Waals surface area contributed by atoms with Crippen LogP contribution < -0.4 is 5.56 Å². The van der Waals surface area contributed by atoms with Gasteiger partial charge in [-0.05, 0) is 59.3 Å². The number of rotatable bonds is 2. The molecule has 1 aliphatic carbocycles. The van der Waals surface area contributed by atoms with Crippen LogP contribution in [0.4, 0.5) is 0 Å². The molecule has 2 heterocycles. The van der Waals surface area contributed by atoms with Gasteiger partial charge in [0.05, 0.1) is 9.48 Å². The zero-order chi connectivity index (χ0) is 12.5. The lowest BCUT2D eigenvalue weighted by Crippen LogP contribution is -2.22. The van der Waals surface area contributed by atoms with Gasteiger partial charge in [0.15, 0.2) is 0 Å². The zero-order valence-electron chi connectivity index (χ0n) is 9.83. The Bertz CT molecular complexity index is 632. The molecule has 2 aromatic rings. The van der Waals surface area contributed by atoms with Gasteiger partial charge in [0, 0.05) is 16.9 Å². The third-order valence-corrected chi connectivity index (χ3v) is 4.98. The lowest BCUT2D eigenvalue weighted by Gasteiger charge is -2.16. The number of hydrogen-bond donors (Lipinski definition) is 1. The number of aromatic nitrogens is 2. The van der Waals surface area contributed by atoms with Crippen LogP contribution in [0.15, 0.2) is 20.7 Å². The van der Waals surface area contributed by atoms with E-state index in [1.165, 1.54) is 16.9 Å². The molecule has 0 radical (unpaired) electrons. The fourth-order valence-electron chi connectivity index (χ4n) is 2.49. The molecule has 3 nitrogen and oxygen atoms in total. The molecule has 18 heavy (non-hydrogen) atoms. The van der Waals surface area contributed by atoms with E-state index in [0.717, 1.165) is 40.7 Å². The molecule has 0 bridgehead atoms. The monoisotopic (exact) mass is 324 g/mol. The van der Waals surface area contributed by atoms with Gasteiger partial charge in [-0.3, -0.25) is 4.79 Å². The number of nitrogens with one attached hydrogen (secondary N) is 1. The minimum atomic E-state index is 0.000750. The normalized spacial score (nSPS) is 14.5.